The Balaban J connectivity index is 1.68. The summed E-state index contributed by atoms with van der Waals surface area (Å²) in [4.78, 5) is 13.8. The van der Waals surface area contributed by atoms with E-state index in [0.29, 0.717) is 34.9 Å². The molecule has 3 rings (SSSR count). The van der Waals surface area contributed by atoms with Gasteiger partial charge in [-0.25, -0.2) is 8.42 Å². The van der Waals surface area contributed by atoms with Gasteiger partial charge in [-0.3, -0.25) is 4.79 Å². The van der Waals surface area contributed by atoms with Gasteiger partial charge in [0.2, 0.25) is 5.91 Å². The molecule has 20 heavy (non-hydrogen) atoms. The first kappa shape index (κ1) is 14.5. The molecule has 0 N–H and O–H groups in total. The zero-order valence-corrected chi connectivity index (χ0v) is 14.0. The fraction of sp³-hybridized carbons (Fsp3) is 0.583. The van der Waals surface area contributed by atoms with Gasteiger partial charge in [-0.1, -0.05) is 0 Å². The summed E-state index contributed by atoms with van der Waals surface area (Å²) in [5, 5.41) is 1.75. The van der Waals surface area contributed by atoms with Crippen LogP contribution >= 0.6 is 27.3 Å². The molecule has 1 saturated carbocycles. The summed E-state index contributed by atoms with van der Waals surface area (Å²) in [7, 11) is -3.44. The van der Waals surface area contributed by atoms with E-state index in [1.54, 1.807) is 16.3 Å². The van der Waals surface area contributed by atoms with Crippen molar-refractivity contribution in [2.75, 3.05) is 26.2 Å². The number of nitrogens with zero attached hydrogens (tertiary/aromatic N) is 2. The summed E-state index contributed by atoms with van der Waals surface area (Å²) in [6.07, 6.45) is 1.97. The topological polar surface area (TPSA) is 57.7 Å². The molecule has 5 nitrogen and oxygen atoms in total. The second-order valence-corrected chi connectivity index (χ2v) is 8.96. The number of piperazine rings is 1. The number of amides is 1. The van der Waals surface area contributed by atoms with Crippen LogP contribution in [-0.4, -0.2) is 49.7 Å². The standard InChI is InChI=1S/C12H15BrN2O3S2/c13-10-3-8-19-12(10)20(17,18)15-6-4-14(5-7-15)11(16)9-1-2-9/h3,8-9H,1-2,4-7H2. The van der Waals surface area contributed by atoms with Crippen LogP contribution in [0.25, 0.3) is 0 Å². The first-order valence-corrected chi connectivity index (χ1v) is 9.63. The Bertz CT molecular complexity index is 616. The lowest BCUT2D eigenvalue weighted by atomic mass is 10.3. The minimum atomic E-state index is -3.44. The monoisotopic (exact) mass is 378 g/mol. The fourth-order valence-electron chi connectivity index (χ4n) is 2.32. The van der Waals surface area contributed by atoms with Gasteiger partial charge in [0.25, 0.3) is 10.0 Å². The Morgan fingerprint density at radius 3 is 2.40 bits per heavy atom. The quantitative estimate of drug-likeness (QED) is 0.804. The van der Waals surface area contributed by atoms with Crippen molar-refractivity contribution in [1.29, 1.82) is 0 Å². The maximum atomic E-state index is 12.5. The van der Waals surface area contributed by atoms with Gasteiger partial charge in [0, 0.05) is 36.6 Å². The summed E-state index contributed by atoms with van der Waals surface area (Å²) >= 11 is 4.49. The van der Waals surface area contributed by atoms with Gasteiger partial charge in [-0.15, -0.1) is 11.3 Å². The van der Waals surface area contributed by atoms with Crippen molar-refractivity contribution in [2.45, 2.75) is 17.1 Å². The molecule has 8 heteroatoms. The molecule has 1 amide bonds. The van der Waals surface area contributed by atoms with E-state index < -0.39 is 10.0 Å². The maximum absolute atomic E-state index is 12.5. The number of thiophene rings is 1. The van der Waals surface area contributed by atoms with Gasteiger partial charge in [0.1, 0.15) is 4.21 Å². The van der Waals surface area contributed by atoms with E-state index >= 15 is 0 Å². The number of rotatable bonds is 3. The zero-order chi connectivity index (χ0) is 14.3. The molecule has 0 spiro atoms. The Labute approximate surface area is 130 Å². The minimum Gasteiger partial charge on any atom is -0.340 e. The first-order valence-electron chi connectivity index (χ1n) is 6.52. The number of hydrogen-bond acceptors (Lipinski definition) is 4. The van der Waals surface area contributed by atoms with E-state index in [2.05, 4.69) is 15.9 Å². The molecule has 1 aromatic rings. The Morgan fingerprint density at radius 1 is 1.25 bits per heavy atom. The van der Waals surface area contributed by atoms with Gasteiger partial charge >= 0.3 is 0 Å². The average molecular weight is 379 g/mol. The van der Waals surface area contributed by atoms with Crippen LogP contribution in [0.2, 0.25) is 0 Å². The predicted molar refractivity (Wildman–Crippen MR) is 80.1 cm³/mol. The van der Waals surface area contributed by atoms with Crippen molar-refractivity contribution >= 4 is 43.2 Å². The number of carbonyl (C=O) groups is 1. The van der Waals surface area contributed by atoms with Crippen molar-refractivity contribution in [3.05, 3.63) is 15.9 Å². The zero-order valence-electron chi connectivity index (χ0n) is 10.8. The van der Waals surface area contributed by atoms with Crippen LogP contribution in [0, 0.1) is 5.92 Å². The molecule has 0 atom stereocenters. The van der Waals surface area contributed by atoms with Crippen LogP contribution in [0.3, 0.4) is 0 Å². The lowest BCUT2D eigenvalue weighted by molar-refractivity contribution is -0.133. The normalized spacial score (nSPS) is 21.1. The van der Waals surface area contributed by atoms with Crippen molar-refractivity contribution < 1.29 is 13.2 Å². The number of carbonyl (C=O) groups excluding carboxylic acids is 1. The minimum absolute atomic E-state index is 0.194. The Kier molecular flexibility index (Phi) is 3.91. The second-order valence-electron chi connectivity index (χ2n) is 5.06. The fourth-order valence-corrected chi connectivity index (χ4v) is 6.19. The molecule has 0 bridgehead atoms. The van der Waals surface area contributed by atoms with E-state index in [-0.39, 0.29) is 11.8 Å². The van der Waals surface area contributed by atoms with E-state index in [1.165, 1.54) is 15.6 Å². The molecule has 1 aromatic heterocycles. The van der Waals surface area contributed by atoms with Gasteiger partial charge in [0.15, 0.2) is 0 Å². The molecule has 0 aromatic carbocycles. The van der Waals surface area contributed by atoms with Gasteiger partial charge in [-0.2, -0.15) is 4.31 Å². The lowest BCUT2D eigenvalue weighted by Gasteiger charge is -2.33. The highest BCUT2D eigenvalue weighted by molar-refractivity contribution is 9.10. The molecule has 0 radical (unpaired) electrons. The van der Waals surface area contributed by atoms with Crippen molar-refractivity contribution in [3.8, 4) is 0 Å². The highest BCUT2D eigenvalue weighted by atomic mass is 79.9. The summed E-state index contributed by atoms with van der Waals surface area (Å²) in [5.41, 5.74) is 0. The highest BCUT2D eigenvalue weighted by Crippen LogP contribution is 2.33. The van der Waals surface area contributed by atoms with Crippen LogP contribution in [0.15, 0.2) is 20.1 Å². The van der Waals surface area contributed by atoms with Crippen molar-refractivity contribution in [3.63, 3.8) is 0 Å². The molecule has 1 saturated heterocycles. The van der Waals surface area contributed by atoms with Crippen LogP contribution in [-0.2, 0) is 14.8 Å². The predicted octanol–water partition coefficient (Wildman–Crippen LogP) is 1.75. The number of sulfonamides is 1. The molecule has 0 unspecified atom stereocenters. The number of halogens is 1. The van der Waals surface area contributed by atoms with Crippen molar-refractivity contribution in [1.82, 2.24) is 9.21 Å². The third kappa shape index (κ3) is 2.66. The second kappa shape index (κ2) is 5.40. The molecule has 2 heterocycles. The third-order valence-electron chi connectivity index (χ3n) is 3.64. The average Bonchev–Trinajstić information content (AvgIpc) is 3.20. The molecule has 1 aliphatic carbocycles. The van der Waals surface area contributed by atoms with E-state index in [9.17, 15) is 13.2 Å². The Hall–Kier alpha value is -0.440. The summed E-state index contributed by atoms with van der Waals surface area (Å²) < 4.78 is 27.4. The van der Waals surface area contributed by atoms with E-state index in [4.69, 9.17) is 0 Å². The highest BCUT2D eigenvalue weighted by Gasteiger charge is 2.37. The van der Waals surface area contributed by atoms with Crippen LogP contribution in [0.1, 0.15) is 12.8 Å². The maximum Gasteiger partial charge on any atom is 0.253 e. The van der Waals surface area contributed by atoms with Crippen LogP contribution in [0.4, 0.5) is 0 Å². The van der Waals surface area contributed by atoms with Gasteiger partial charge in [0.05, 0.1) is 0 Å². The summed E-state index contributed by atoms with van der Waals surface area (Å²) in [6.45, 7) is 1.76. The summed E-state index contributed by atoms with van der Waals surface area (Å²) in [5.74, 6) is 0.393. The first-order chi connectivity index (χ1) is 9.50. The molecule has 1 aliphatic heterocycles. The molecule has 2 fully saturated rings. The SMILES string of the molecule is O=C(C1CC1)N1CCN(S(=O)(=O)c2sccc2Br)CC1. The van der Waals surface area contributed by atoms with E-state index in [1.807, 2.05) is 0 Å². The Morgan fingerprint density at radius 2 is 1.90 bits per heavy atom. The van der Waals surface area contributed by atoms with Gasteiger partial charge < -0.3 is 4.90 Å². The van der Waals surface area contributed by atoms with Crippen molar-refractivity contribution in [2.24, 2.45) is 5.92 Å². The smallest absolute Gasteiger partial charge is 0.253 e. The lowest BCUT2D eigenvalue weighted by Crippen LogP contribution is -2.50. The third-order valence-corrected chi connectivity index (χ3v) is 8.18. The number of hydrogen-bond donors (Lipinski definition) is 0. The molecule has 110 valence electrons. The van der Waals surface area contributed by atoms with Crippen LogP contribution < -0.4 is 0 Å². The molecular weight excluding hydrogens is 364 g/mol. The molecular formula is C12H15BrN2O3S2. The largest absolute Gasteiger partial charge is 0.340 e. The summed E-state index contributed by atoms with van der Waals surface area (Å²) in [6, 6.07) is 1.74. The van der Waals surface area contributed by atoms with Crippen LogP contribution in [0.5, 0.6) is 0 Å². The van der Waals surface area contributed by atoms with Gasteiger partial charge in [-0.05, 0) is 40.2 Å². The molecule has 2 aliphatic rings. The van der Waals surface area contributed by atoms with E-state index in [0.717, 1.165) is 12.8 Å².